The van der Waals surface area contributed by atoms with Gasteiger partial charge in [0.2, 0.25) is 5.91 Å². The van der Waals surface area contributed by atoms with Crippen molar-refractivity contribution in [2.75, 3.05) is 11.9 Å². The Kier molecular flexibility index (Phi) is 6.04. The van der Waals surface area contributed by atoms with Gasteiger partial charge >= 0.3 is 0 Å². The van der Waals surface area contributed by atoms with E-state index in [0.717, 1.165) is 62.0 Å². The van der Waals surface area contributed by atoms with Gasteiger partial charge in [-0.2, -0.15) is 0 Å². The highest BCUT2D eigenvalue weighted by atomic mass is 16.5. The topological polar surface area (TPSA) is 85.2 Å². The summed E-state index contributed by atoms with van der Waals surface area (Å²) in [6, 6.07) is 13.9. The molecule has 2 saturated carbocycles. The quantitative estimate of drug-likeness (QED) is 0.471. The minimum atomic E-state index is -0.331. The third-order valence-corrected chi connectivity index (χ3v) is 8.13. The maximum absolute atomic E-state index is 13.8. The van der Waals surface area contributed by atoms with Crippen LogP contribution in [-0.4, -0.2) is 28.0 Å². The predicted molar refractivity (Wildman–Crippen MR) is 139 cm³/mol. The molecular weight excluding hydrogens is 452 g/mol. The first-order chi connectivity index (χ1) is 17.5. The molecule has 1 saturated heterocycles. The van der Waals surface area contributed by atoms with Crippen molar-refractivity contribution >= 4 is 28.5 Å². The second-order valence-electron chi connectivity index (χ2n) is 10.7. The Hall–Kier alpha value is -3.19. The summed E-state index contributed by atoms with van der Waals surface area (Å²) in [4.78, 5) is 31.5. The van der Waals surface area contributed by atoms with Crippen molar-refractivity contribution in [1.82, 2.24) is 14.9 Å². The Morgan fingerprint density at radius 2 is 1.86 bits per heavy atom. The molecule has 6 rings (SSSR count). The number of rotatable bonds is 7. The van der Waals surface area contributed by atoms with Crippen molar-refractivity contribution in [3.63, 3.8) is 0 Å². The average Bonchev–Trinajstić information content (AvgIpc) is 3.25. The second-order valence-corrected chi connectivity index (χ2v) is 10.7. The maximum atomic E-state index is 13.8. The molecule has 7 nitrogen and oxygen atoms in total. The smallest absolute Gasteiger partial charge is 0.254 e. The Labute approximate surface area is 211 Å². The van der Waals surface area contributed by atoms with Crippen LogP contribution in [0.5, 0.6) is 0 Å². The molecule has 2 N–H and O–H groups in total. The molecule has 3 aliphatic rings. The SMILES string of the molecule is Cn1c(C2CCCO2)nc2cc(NC(=O)CC3CCCC3)cc(C(=O)NC3(c4ccccc4)CC3)c21. The number of nitrogens with one attached hydrogen (secondary N) is 2. The van der Waals surface area contributed by atoms with Crippen LogP contribution in [0.25, 0.3) is 11.0 Å². The van der Waals surface area contributed by atoms with E-state index in [1.165, 1.54) is 12.8 Å². The molecule has 0 spiro atoms. The van der Waals surface area contributed by atoms with E-state index in [1.54, 1.807) is 0 Å². The van der Waals surface area contributed by atoms with Crippen molar-refractivity contribution < 1.29 is 14.3 Å². The van der Waals surface area contributed by atoms with E-state index in [4.69, 9.17) is 9.72 Å². The lowest BCUT2D eigenvalue weighted by Crippen LogP contribution is -2.35. The molecular formula is C29H34N4O3. The number of imidazole rings is 1. The van der Waals surface area contributed by atoms with Crippen molar-refractivity contribution in [3.05, 3.63) is 59.4 Å². The molecule has 7 heteroatoms. The van der Waals surface area contributed by atoms with Crippen molar-refractivity contribution in [3.8, 4) is 0 Å². The summed E-state index contributed by atoms with van der Waals surface area (Å²) in [5, 5.41) is 6.38. The van der Waals surface area contributed by atoms with Gasteiger partial charge in [0.15, 0.2) is 0 Å². The first-order valence-corrected chi connectivity index (χ1v) is 13.3. The number of nitrogens with zero attached hydrogens (tertiary/aromatic N) is 2. The molecule has 1 aromatic heterocycles. The van der Waals surface area contributed by atoms with E-state index in [2.05, 4.69) is 22.8 Å². The normalized spacial score (nSPS) is 21.1. The van der Waals surface area contributed by atoms with E-state index in [-0.39, 0.29) is 23.5 Å². The third kappa shape index (κ3) is 4.41. The Balaban J connectivity index is 1.34. The number of aromatic nitrogens is 2. The molecule has 2 aliphatic carbocycles. The van der Waals surface area contributed by atoms with Gasteiger partial charge in [-0.3, -0.25) is 9.59 Å². The molecule has 1 atom stereocenters. The number of hydrogen-bond acceptors (Lipinski definition) is 4. The lowest BCUT2D eigenvalue weighted by atomic mass is 10.0. The molecule has 3 fully saturated rings. The van der Waals surface area contributed by atoms with Crippen molar-refractivity contribution in [2.24, 2.45) is 13.0 Å². The van der Waals surface area contributed by atoms with Gasteiger partial charge in [0.25, 0.3) is 5.91 Å². The number of anilines is 1. The average molecular weight is 487 g/mol. The summed E-state index contributed by atoms with van der Waals surface area (Å²) in [6.07, 6.45) is 8.85. The number of carbonyl (C=O) groups excluding carboxylic acids is 2. The Morgan fingerprint density at radius 3 is 2.56 bits per heavy atom. The monoisotopic (exact) mass is 486 g/mol. The fourth-order valence-corrected chi connectivity index (χ4v) is 6.03. The number of aryl methyl sites for hydroxylation is 1. The lowest BCUT2D eigenvalue weighted by molar-refractivity contribution is -0.117. The maximum Gasteiger partial charge on any atom is 0.254 e. The summed E-state index contributed by atoms with van der Waals surface area (Å²) < 4.78 is 7.91. The molecule has 0 radical (unpaired) electrons. The minimum Gasteiger partial charge on any atom is -0.370 e. The molecule has 3 aromatic rings. The molecule has 2 heterocycles. The van der Waals surface area contributed by atoms with Gasteiger partial charge in [0.05, 0.1) is 22.1 Å². The molecule has 1 unspecified atom stereocenters. The zero-order chi connectivity index (χ0) is 24.7. The summed E-state index contributed by atoms with van der Waals surface area (Å²) >= 11 is 0. The Bertz CT molecular complexity index is 1280. The van der Waals surface area contributed by atoms with Crippen molar-refractivity contribution in [1.29, 1.82) is 0 Å². The van der Waals surface area contributed by atoms with Gasteiger partial charge in [-0.25, -0.2) is 4.98 Å². The van der Waals surface area contributed by atoms with Crippen LogP contribution >= 0.6 is 0 Å². The van der Waals surface area contributed by atoms with E-state index in [9.17, 15) is 9.59 Å². The van der Waals surface area contributed by atoms with Crippen LogP contribution in [0, 0.1) is 5.92 Å². The summed E-state index contributed by atoms with van der Waals surface area (Å²) in [6.45, 7) is 0.725. The molecule has 188 valence electrons. The van der Waals surface area contributed by atoms with E-state index < -0.39 is 0 Å². The number of benzene rings is 2. The van der Waals surface area contributed by atoms with Crippen LogP contribution < -0.4 is 10.6 Å². The number of fused-ring (bicyclic) bond motifs is 1. The Morgan fingerprint density at radius 1 is 1.08 bits per heavy atom. The highest BCUT2D eigenvalue weighted by Gasteiger charge is 2.46. The number of carbonyl (C=O) groups is 2. The fourth-order valence-electron chi connectivity index (χ4n) is 6.03. The number of ether oxygens (including phenoxy) is 1. The predicted octanol–water partition coefficient (Wildman–Crippen LogP) is 5.36. The minimum absolute atomic E-state index is 0.00541. The van der Waals surface area contributed by atoms with Gasteiger partial charge in [-0.15, -0.1) is 0 Å². The zero-order valence-electron chi connectivity index (χ0n) is 20.9. The molecule has 36 heavy (non-hydrogen) atoms. The van der Waals surface area contributed by atoms with E-state index >= 15 is 0 Å². The van der Waals surface area contributed by atoms with Crippen LogP contribution in [0.15, 0.2) is 42.5 Å². The van der Waals surface area contributed by atoms with Gasteiger partial charge in [0, 0.05) is 25.8 Å². The van der Waals surface area contributed by atoms with Crippen molar-refractivity contribution in [2.45, 2.75) is 69.4 Å². The van der Waals surface area contributed by atoms with Crippen LogP contribution in [0.2, 0.25) is 0 Å². The molecule has 2 amide bonds. The summed E-state index contributed by atoms with van der Waals surface area (Å²) in [5.74, 6) is 1.15. The van der Waals surface area contributed by atoms with Crippen LogP contribution in [0.3, 0.4) is 0 Å². The second kappa shape index (κ2) is 9.36. The molecule has 2 aromatic carbocycles. The lowest BCUT2D eigenvalue weighted by Gasteiger charge is -2.19. The van der Waals surface area contributed by atoms with Crippen LogP contribution in [-0.2, 0) is 22.1 Å². The van der Waals surface area contributed by atoms with Gasteiger partial charge in [-0.1, -0.05) is 43.2 Å². The summed E-state index contributed by atoms with van der Waals surface area (Å²) in [5.41, 5.74) is 3.43. The van der Waals surface area contributed by atoms with Crippen LogP contribution in [0.4, 0.5) is 5.69 Å². The fraction of sp³-hybridized carbons (Fsp3) is 0.483. The van der Waals surface area contributed by atoms with E-state index in [1.807, 2.05) is 41.9 Å². The van der Waals surface area contributed by atoms with Crippen LogP contribution in [0.1, 0.15) is 85.6 Å². The number of amides is 2. The highest BCUT2D eigenvalue weighted by molar-refractivity contribution is 6.08. The first-order valence-electron chi connectivity index (χ1n) is 13.3. The summed E-state index contributed by atoms with van der Waals surface area (Å²) in [7, 11) is 1.95. The van der Waals surface area contributed by atoms with Gasteiger partial charge in [0.1, 0.15) is 11.9 Å². The molecule has 1 aliphatic heterocycles. The van der Waals surface area contributed by atoms with Gasteiger partial charge < -0.3 is 19.9 Å². The number of hydrogen-bond donors (Lipinski definition) is 2. The largest absolute Gasteiger partial charge is 0.370 e. The molecule has 0 bridgehead atoms. The third-order valence-electron chi connectivity index (χ3n) is 8.13. The zero-order valence-corrected chi connectivity index (χ0v) is 20.9. The first kappa shape index (κ1) is 23.2. The highest BCUT2D eigenvalue weighted by Crippen LogP contribution is 2.46. The van der Waals surface area contributed by atoms with Gasteiger partial charge in [-0.05, 0) is 62.1 Å². The standard InChI is InChI=1S/C29H34N4O3/c1-33-26-22(28(35)32-29(13-14-29)20-10-3-2-4-11-20)17-21(30-25(34)16-19-8-5-6-9-19)18-23(26)31-27(33)24-12-7-15-36-24/h2-4,10-11,17-19,24H,5-9,12-16H2,1H3,(H,30,34)(H,32,35). The van der Waals surface area contributed by atoms with E-state index in [0.29, 0.717) is 29.1 Å².